The quantitative estimate of drug-likeness (QED) is 0.814. The monoisotopic (exact) mass is 285 g/mol. The Hall–Kier alpha value is -0.910. The van der Waals surface area contributed by atoms with Gasteiger partial charge in [0.05, 0.1) is 6.10 Å². The van der Waals surface area contributed by atoms with E-state index in [0.29, 0.717) is 24.2 Å². The van der Waals surface area contributed by atoms with Crippen molar-refractivity contribution in [3.8, 4) is 0 Å². The van der Waals surface area contributed by atoms with Crippen LogP contribution in [-0.2, 0) is 16.1 Å². The first kappa shape index (κ1) is 14.5. The molecule has 1 unspecified atom stereocenters. The van der Waals surface area contributed by atoms with Crippen LogP contribution < -0.4 is 5.32 Å². The molecule has 1 atom stereocenters. The van der Waals surface area contributed by atoms with E-state index in [1.165, 1.54) is 6.42 Å². The molecule has 2 heterocycles. The molecule has 0 spiro atoms. The van der Waals surface area contributed by atoms with Crippen molar-refractivity contribution in [1.82, 2.24) is 9.97 Å². The number of halogens is 1. The molecule has 0 bridgehead atoms. The molecule has 0 aliphatic carbocycles. The molecule has 1 N–H and O–H groups in total. The van der Waals surface area contributed by atoms with Gasteiger partial charge in [-0.25, -0.2) is 9.97 Å². The van der Waals surface area contributed by atoms with Gasteiger partial charge in [-0.2, -0.15) is 0 Å². The molecular formula is C13H20ClN3O2. The van der Waals surface area contributed by atoms with E-state index < -0.39 is 0 Å². The molecule has 0 amide bonds. The van der Waals surface area contributed by atoms with E-state index in [-0.39, 0.29) is 6.10 Å². The summed E-state index contributed by atoms with van der Waals surface area (Å²) in [5.41, 5.74) is 0. The Bertz CT molecular complexity index is 397. The van der Waals surface area contributed by atoms with Gasteiger partial charge in [-0.05, 0) is 26.2 Å². The zero-order chi connectivity index (χ0) is 13.5. The molecule has 5 nitrogen and oxygen atoms in total. The molecule has 1 fully saturated rings. The molecule has 1 saturated heterocycles. The topological polar surface area (TPSA) is 56.3 Å². The lowest BCUT2D eigenvalue weighted by atomic mass is 10.1. The Labute approximate surface area is 118 Å². The smallest absolute Gasteiger partial charge is 0.158 e. The van der Waals surface area contributed by atoms with Crippen molar-refractivity contribution in [3.63, 3.8) is 0 Å². The predicted octanol–water partition coefficient (Wildman–Crippen LogP) is 2.65. The molecule has 6 heteroatoms. The highest BCUT2D eigenvalue weighted by Gasteiger charge is 2.14. The highest BCUT2D eigenvalue weighted by atomic mass is 35.5. The van der Waals surface area contributed by atoms with Gasteiger partial charge in [0.1, 0.15) is 17.6 Å². The van der Waals surface area contributed by atoms with Crippen molar-refractivity contribution in [2.75, 3.05) is 25.1 Å². The lowest BCUT2D eigenvalue weighted by Gasteiger charge is -2.23. The molecule has 2 rings (SSSR count). The zero-order valence-electron chi connectivity index (χ0n) is 11.2. The Morgan fingerprint density at radius 1 is 1.47 bits per heavy atom. The highest BCUT2D eigenvalue weighted by Crippen LogP contribution is 2.15. The first-order valence-corrected chi connectivity index (χ1v) is 7.12. The minimum absolute atomic E-state index is 0.262. The lowest BCUT2D eigenvalue weighted by Crippen LogP contribution is -2.27. The number of nitrogens with zero attached hydrogens (tertiary/aromatic N) is 2. The summed E-state index contributed by atoms with van der Waals surface area (Å²) in [4.78, 5) is 8.49. The summed E-state index contributed by atoms with van der Waals surface area (Å²) < 4.78 is 10.9. The summed E-state index contributed by atoms with van der Waals surface area (Å²) >= 11 is 5.97. The maximum absolute atomic E-state index is 5.97. The summed E-state index contributed by atoms with van der Waals surface area (Å²) in [5.74, 6) is 1.32. The number of rotatable bonds is 6. The minimum Gasteiger partial charge on any atom is -0.376 e. The van der Waals surface area contributed by atoms with Crippen LogP contribution in [0.15, 0.2) is 6.07 Å². The molecule has 1 aliphatic heterocycles. The van der Waals surface area contributed by atoms with E-state index in [1.54, 1.807) is 6.07 Å². The van der Waals surface area contributed by atoms with Gasteiger partial charge in [0.2, 0.25) is 0 Å². The maximum atomic E-state index is 5.97. The van der Waals surface area contributed by atoms with Crippen LogP contribution in [0.1, 0.15) is 32.0 Å². The van der Waals surface area contributed by atoms with E-state index in [4.69, 9.17) is 21.1 Å². The van der Waals surface area contributed by atoms with Gasteiger partial charge in [0.15, 0.2) is 5.82 Å². The molecule has 1 aromatic rings. The Morgan fingerprint density at radius 2 is 2.37 bits per heavy atom. The minimum atomic E-state index is 0.262. The van der Waals surface area contributed by atoms with E-state index in [2.05, 4.69) is 15.3 Å². The van der Waals surface area contributed by atoms with Crippen LogP contribution in [0.3, 0.4) is 0 Å². The third-order valence-corrected chi connectivity index (χ3v) is 3.15. The summed E-state index contributed by atoms with van der Waals surface area (Å²) in [6.45, 7) is 4.55. The number of anilines is 1. The van der Waals surface area contributed by atoms with Gasteiger partial charge in [0.25, 0.3) is 0 Å². The van der Waals surface area contributed by atoms with Crippen molar-refractivity contribution < 1.29 is 9.47 Å². The Balaban J connectivity index is 1.89. The van der Waals surface area contributed by atoms with Gasteiger partial charge < -0.3 is 14.8 Å². The Kier molecular flexibility index (Phi) is 5.82. The zero-order valence-corrected chi connectivity index (χ0v) is 11.9. The summed E-state index contributed by atoms with van der Waals surface area (Å²) in [5, 5.41) is 3.68. The second-order valence-electron chi connectivity index (χ2n) is 4.50. The van der Waals surface area contributed by atoms with E-state index in [0.717, 1.165) is 31.8 Å². The number of nitrogens with one attached hydrogen (secondary N) is 1. The number of aromatic nitrogens is 2. The number of hydrogen-bond donors (Lipinski definition) is 1. The van der Waals surface area contributed by atoms with Crippen LogP contribution in [0.25, 0.3) is 0 Å². The van der Waals surface area contributed by atoms with Crippen molar-refractivity contribution in [1.29, 1.82) is 0 Å². The molecule has 0 radical (unpaired) electrons. The van der Waals surface area contributed by atoms with Crippen LogP contribution >= 0.6 is 11.6 Å². The van der Waals surface area contributed by atoms with Crippen molar-refractivity contribution in [2.45, 2.75) is 38.9 Å². The number of ether oxygens (including phenoxy) is 2. The third kappa shape index (κ3) is 4.93. The van der Waals surface area contributed by atoms with E-state index >= 15 is 0 Å². The molecule has 0 aromatic carbocycles. The summed E-state index contributed by atoms with van der Waals surface area (Å²) in [7, 11) is 0. The largest absolute Gasteiger partial charge is 0.376 e. The lowest BCUT2D eigenvalue weighted by molar-refractivity contribution is 0.0247. The van der Waals surface area contributed by atoms with Crippen LogP contribution in [-0.4, -0.2) is 35.8 Å². The van der Waals surface area contributed by atoms with Gasteiger partial charge in [-0.3, -0.25) is 0 Å². The van der Waals surface area contributed by atoms with Crippen LogP contribution in [0.2, 0.25) is 5.15 Å². The average molecular weight is 286 g/mol. The maximum Gasteiger partial charge on any atom is 0.158 e. The SMILES string of the molecule is CCOCc1nc(Cl)cc(NCC2CCCCO2)n1. The fraction of sp³-hybridized carbons (Fsp3) is 0.692. The predicted molar refractivity (Wildman–Crippen MR) is 74.5 cm³/mol. The van der Waals surface area contributed by atoms with Gasteiger partial charge >= 0.3 is 0 Å². The van der Waals surface area contributed by atoms with Crippen LogP contribution in [0.4, 0.5) is 5.82 Å². The molecule has 1 aromatic heterocycles. The second kappa shape index (κ2) is 7.62. The first-order chi connectivity index (χ1) is 9.28. The fourth-order valence-corrected chi connectivity index (χ4v) is 2.20. The second-order valence-corrected chi connectivity index (χ2v) is 4.89. The standard InChI is InChI=1S/C13H20ClN3O2/c1-2-18-9-13-16-11(14)7-12(17-13)15-8-10-5-3-4-6-19-10/h7,10H,2-6,8-9H2,1H3,(H,15,16,17). The number of hydrogen-bond acceptors (Lipinski definition) is 5. The normalized spacial score (nSPS) is 19.4. The molecule has 0 saturated carbocycles. The van der Waals surface area contributed by atoms with Gasteiger partial charge in [-0.1, -0.05) is 11.6 Å². The van der Waals surface area contributed by atoms with Crippen LogP contribution in [0.5, 0.6) is 0 Å². The fourth-order valence-electron chi connectivity index (χ4n) is 2.00. The Morgan fingerprint density at radius 3 is 3.11 bits per heavy atom. The third-order valence-electron chi connectivity index (χ3n) is 2.96. The van der Waals surface area contributed by atoms with E-state index in [9.17, 15) is 0 Å². The molecule has 106 valence electrons. The first-order valence-electron chi connectivity index (χ1n) is 6.74. The molecule has 19 heavy (non-hydrogen) atoms. The highest BCUT2D eigenvalue weighted by molar-refractivity contribution is 6.29. The van der Waals surface area contributed by atoms with E-state index in [1.807, 2.05) is 6.92 Å². The summed E-state index contributed by atoms with van der Waals surface area (Å²) in [6.07, 6.45) is 3.75. The van der Waals surface area contributed by atoms with Crippen molar-refractivity contribution in [2.24, 2.45) is 0 Å². The van der Waals surface area contributed by atoms with Crippen LogP contribution in [0, 0.1) is 0 Å². The molecule has 1 aliphatic rings. The van der Waals surface area contributed by atoms with Crippen molar-refractivity contribution >= 4 is 17.4 Å². The molecular weight excluding hydrogens is 266 g/mol. The average Bonchev–Trinajstić information content (AvgIpc) is 2.43. The summed E-state index contributed by atoms with van der Waals surface area (Å²) in [6, 6.07) is 1.72. The van der Waals surface area contributed by atoms with Gasteiger partial charge in [-0.15, -0.1) is 0 Å². The van der Waals surface area contributed by atoms with Crippen molar-refractivity contribution in [3.05, 3.63) is 17.0 Å². The van der Waals surface area contributed by atoms with Gasteiger partial charge in [0, 0.05) is 25.8 Å².